The molecule has 1 heterocycles. The first-order chi connectivity index (χ1) is 12.6. The van der Waals surface area contributed by atoms with Gasteiger partial charge >= 0.3 is 0 Å². The van der Waals surface area contributed by atoms with Crippen molar-refractivity contribution < 1.29 is 13.2 Å². The van der Waals surface area contributed by atoms with Crippen LogP contribution in [0, 0.1) is 5.92 Å². The van der Waals surface area contributed by atoms with Gasteiger partial charge in [0.25, 0.3) is 0 Å². The van der Waals surface area contributed by atoms with Crippen LogP contribution in [-0.4, -0.2) is 47.2 Å². The SMILES string of the molecule is CN=C(NCc1ccc(S(=O)(=O)NCC2CCCO2)cc1)NCC1CC1. The van der Waals surface area contributed by atoms with Crippen LogP contribution in [0.1, 0.15) is 31.2 Å². The molecule has 1 atom stereocenters. The van der Waals surface area contributed by atoms with Gasteiger partial charge in [-0.1, -0.05) is 12.1 Å². The molecule has 1 aliphatic carbocycles. The molecule has 7 nitrogen and oxygen atoms in total. The van der Waals surface area contributed by atoms with E-state index in [2.05, 4.69) is 20.3 Å². The summed E-state index contributed by atoms with van der Waals surface area (Å²) in [6.45, 7) is 2.59. The Hall–Kier alpha value is -1.64. The lowest BCUT2D eigenvalue weighted by Crippen LogP contribution is -2.37. The predicted molar refractivity (Wildman–Crippen MR) is 102 cm³/mol. The highest BCUT2D eigenvalue weighted by Gasteiger charge is 2.21. The standard InChI is InChI=1S/C18H28N4O3S/c1-19-18(20-11-14-4-5-14)21-12-15-6-8-17(9-7-15)26(23,24)22-13-16-3-2-10-25-16/h6-9,14,16,22H,2-5,10-13H2,1H3,(H2,19,20,21). The van der Waals surface area contributed by atoms with E-state index in [4.69, 9.17) is 4.74 Å². The quantitative estimate of drug-likeness (QED) is 0.466. The molecule has 1 aromatic rings. The Labute approximate surface area is 155 Å². The molecule has 0 radical (unpaired) electrons. The third kappa shape index (κ3) is 5.69. The molecular formula is C18H28N4O3S. The molecule has 0 spiro atoms. The fourth-order valence-corrected chi connectivity index (χ4v) is 3.91. The van der Waals surface area contributed by atoms with E-state index in [1.807, 2.05) is 12.1 Å². The van der Waals surface area contributed by atoms with Crippen molar-refractivity contribution in [3.8, 4) is 0 Å². The highest BCUT2D eigenvalue weighted by atomic mass is 32.2. The van der Waals surface area contributed by atoms with Crippen molar-refractivity contribution in [2.45, 2.75) is 43.2 Å². The third-order valence-electron chi connectivity index (χ3n) is 4.70. The molecule has 1 aromatic carbocycles. The molecule has 3 N–H and O–H groups in total. The first-order valence-electron chi connectivity index (χ1n) is 9.21. The second-order valence-electron chi connectivity index (χ2n) is 6.88. The highest BCUT2D eigenvalue weighted by molar-refractivity contribution is 7.89. The van der Waals surface area contributed by atoms with Gasteiger partial charge in [0.2, 0.25) is 10.0 Å². The van der Waals surface area contributed by atoms with Crippen LogP contribution in [0.5, 0.6) is 0 Å². The van der Waals surface area contributed by atoms with Crippen molar-refractivity contribution in [1.29, 1.82) is 0 Å². The lowest BCUT2D eigenvalue weighted by molar-refractivity contribution is 0.114. The maximum absolute atomic E-state index is 12.4. The fraction of sp³-hybridized carbons (Fsp3) is 0.611. The lowest BCUT2D eigenvalue weighted by atomic mass is 10.2. The average molecular weight is 381 g/mol. The van der Waals surface area contributed by atoms with Crippen molar-refractivity contribution in [2.75, 3.05) is 26.7 Å². The minimum Gasteiger partial charge on any atom is -0.377 e. The number of benzene rings is 1. The number of rotatable bonds is 8. The molecule has 2 aliphatic rings. The Morgan fingerprint density at radius 3 is 2.54 bits per heavy atom. The molecule has 26 heavy (non-hydrogen) atoms. The number of ether oxygens (including phenoxy) is 1. The van der Waals surface area contributed by atoms with E-state index in [1.165, 1.54) is 12.8 Å². The lowest BCUT2D eigenvalue weighted by Gasteiger charge is -2.13. The van der Waals surface area contributed by atoms with Crippen molar-refractivity contribution in [3.05, 3.63) is 29.8 Å². The molecule has 1 saturated heterocycles. The first kappa shape index (κ1) is 19.1. The van der Waals surface area contributed by atoms with Gasteiger partial charge in [0.1, 0.15) is 0 Å². The Kier molecular flexibility index (Phi) is 6.50. The normalized spacial score (nSPS) is 21.0. The third-order valence-corrected chi connectivity index (χ3v) is 6.14. The molecular weight excluding hydrogens is 352 g/mol. The summed E-state index contributed by atoms with van der Waals surface area (Å²) < 4.78 is 32.8. The largest absolute Gasteiger partial charge is 0.377 e. The highest BCUT2D eigenvalue weighted by Crippen LogP contribution is 2.27. The van der Waals surface area contributed by atoms with E-state index >= 15 is 0 Å². The number of hydrogen-bond donors (Lipinski definition) is 3. The van der Waals surface area contributed by atoms with Crippen LogP contribution in [0.4, 0.5) is 0 Å². The molecule has 144 valence electrons. The van der Waals surface area contributed by atoms with Crippen molar-refractivity contribution in [1.82, 2.24) is 15.4 Å². The summed E-state index contributed by atoms with van der Waals surface area (Å²) in [6, 6.07) is 6.91. The summed E-state index contributed by atoms with van der Waals surface area (Å²) in [5.41, 5.74) is 0.998. The first-order valence-corrected chi connectivity index (χ1v) is 10.7. The minimum absolute atomic E-state index is 0.0110. The van der Waals surface area contributed by atoms with Gasteiger partial charge in [0.15, 0.2) is 5.96 Å². The van der Waals surface area contributed by atoms with Crippen LogP contribution < -0.4 is 15.4 Å². The predicted octanol–water partition coefficient (Wildman–Crippen LogP) is 1.22. The van der Waals surface area contributed by atoms with Gasteiger partial charge in [-0.15, -0.1) is 0 Å². The molecule has 0 aromatic heterocycles. The number of nitrogens with one attached hydrogen (secondary N) is 3. The zero-order chi connectivity index (χ0) is 18.4. The molecule has 3 rings (SSSR count). The Bertz CT molecular complexity index is 708. The summed E-state index contributed by atoms with van der Waals surface area (Å²) in [5, 5.41) is 6.55. The maximum atomic E-state index is 12.4. The number of sulfonamides is 1. The number of nitrogens with zero attached hydrogens (tertiary/aromatic N) is 1. The molecule has 1 aliphatic heterocycles. The van der Waals surface area contributed by atoms with Gasteiger partial charge in [-0.2, -0.15) is 0 Å². The van der Waals surface area contributed by atoms with Gasteiger partial charge in [-0.25, -0.2) is 13.1 Å². The minimum atomic E-state index is -3.50. The maximum Gasteiger partial charge on any atom is 0.240 e. The molecule has 1 unspecified atom stereocenters. The van der Waals surface area contributed by atoms with Crippen molar-refractivity contribution in [2.24, 2.45) is 10.9 Å². The van der Waals surface area contributed by atoms with Crippen LogP contribution in [0.3, 0.4) is 0 Å². The molecule has 1 saturated carbocycles. The van der Waals surface area contributed by atoms with Gasteiger partial charge < -0.3 is 15.4 Å². The average Bonchev–Trinajstić information content (AvgIpc) is 3.33. The second kappa shape index (κ2) is 8.83. The van der Waals surface area contributed by atoms with Gasteiger partial charge in [0.05, 0.1) is 11.0 Å². The molecule has 0 bridgehead atoms. The van der Waals surface area contributed by atoms with Crippen LogP contribution in [-0.2, 0) is 21.3 Å². The number of aliphatic imine (C=N–C) groups is 1. The summed E-state index contributed by atoms with van der Waals surface area (Å²) in [5.74, 6) is 1.55. The van der Waals surface area contributed by atoms with Gasteiger partial charge in [0, 0.05) is 33.3 Å². The number of guanidine groups is 1. The Morgan fingerprint density at radius 2 is 1.92 bits per heavy atom. The smallest absolute Gasteiger partial charge is 0.240 e. The summed E-state index contributed by atoms with van der Waals surface area (Å²) in [4.78, 5) is 4.47. The van der Waals surface area contributed by atoms with Crippen LogP contribution in [0.15, 0.2) is 34.2 Å². The summed E-state index contributed by atoms with van der Waals surface area (Å²) >= 11 is 0. The fourth-order valence-electron chi connectivity index (χ4n) is 2.85. The molecule has 8 heteroatoms. The monoisotopic (exact) mass is 380 g/mol. The summed E-state index contributed by atoms with van der Waals surface area (Å²) in [7, 11) is -1.75. The van der Waals surface area contributed by atoms with Crippen molar-refractivity contribution in [3.63, 3.8) is 0 Å². The zero-order valence-corrected chi connectivity index (χ0v) is 16.0. The number of hydrogen-bond acceptors (Lipinski definition) is 4. The second-order valence-corrected chi connectivity index (χ2v) is 8.65. The van der Waals surface area contributed by atoms with Gasteiger partial charge in [-0.05, 0) is 49.3 Å². The van der Waals surface area contributed by atoms with E-state index < -0.39 is 10.0 Å². The topological polar surface area (TPSA) is 91.8 Å². The Morgan fingerprint density at radius 1 is 1.15 bits per heavy atom. The molecule has 0 amide bonds. The van der Waals surface area contributed by atoms with Crippen molar-refractivity contribution >= 4 is 16.0 Å². The van der Waals surface area contributed by atoms with Crippen LogP contribution in [0.25, 0.3) is 0 Å². The van der Waals surface area contributed by atoms with Crippen LogP contribution in [0.2, 0.25) is 0 Å². The van der Waals surface area contributed by atoms with E-state index in [1.54, 1.807) is 19.2 Å². The molecule has 2 fully saturated rings. The van der Waals surface area contributed by atoms with E-state index in [0.29, 0.717) is 19.7 Å². The van der Waals surface area contributed by atoms with E-state index in [9.17, 15) is 8.42 Å². The Balaban J connectivity index is 1.48. The van der Waals surface area contributed by atoms with Crippen LogP contribution >= 0.6 is 0 Å². The van der Waals surface area contributed by atoms with E-state index in [0.717, 1.165) is 36.8 Å². The van der Waals surface area contributed by atoms with E-state index in [-0.39, 0.29) is 11.0 Å². The summed E-state index contributed by atoms with van der Waals surface area (Å²) in [6.07, 6.45) is 4.47. The zero-order valence-electron chi connectivity index (χ0n) is 15.2. The van der Waals surface area contributed by atoms with Gasteiger partial charge in [-0.3, -0.25) is 4.99 Å².